The van der Waals surface area contributed by atoms with Crippen molar-refractivity contribution in [2.24, 2.45) is 5.73 Å². The lowest BCUT2D eigenvalue weighted by molar-refractivity contribution is 0.0925. The topological polar surface area (TPSA) is 98.7 Å². The Morgan fingerprint density at radius 3 is 2.77 bits per heavy atom. The Balaban J connectivity index is 1.81. The molecular weight excluding hydrogens is 304 g/mol. The Labute approximate surface area is 132 Å². The minimum Gasteiger partial charge on any atom is -0.349 e. The van der Waals surface area contributed by atoms with E-state index in [1.165, 1.54) is 11.0 Å². The lowest BCUT2D eigenvalue weighted by Gasteiger charge is -2.27. The summed E-state index contributed by atoms with van der Waals surface area (Å²) in [6, 6.07) is 5.45. The summed E-state index contributed by atoms with van der Waals surface area (Å²) in [5, 5.41) is 14.6. The SMILES string of the molecule is NC1CCC(NC(=O)c2cc(Cl)ccc2-n2cnnn2)CC1. The van der Waals surface area contributed by atoms with Crippen LogP contribution in [0.1, 0.15) is 36.0 Å². The maximum Gasteiger partial charge on any atom is 0.253 e. The van der Waals surface area contributed by atoms with Gasteiger partial charge in [-0.05, 0) is 54.3 Å². The van der Waals surface area contributed by atoms with Crippen molar-refractivity contribution in [1.82, 2.24) is 25.5 Å². The van der Waals surface area contributed by atoms with Gasteiger partial charge in [0.25, 0.3) is 5.91 Å². The van der Waals surface area contributed by atoms with E-state index in [-0.39, 0.29) is 18.0 Å². The van der Waals surface area contributed by atoms with Gasteiger partial charge in [0.15, 0.2) is 0 Å². The first-order chi connectivity index (χ1) is 10.6. The molecule has 1 aromatic carbocycles. The van der Waals surface area contributed by atoms with Gasteiger partial charge in [0.2, 0.25) is 0 Å². The molecule has 1 aliphatic carbocycles. The van der Waals surface area contributed by atoms with Gasteiger partial charge in [-0.2, -0.15) is 4.68 Å². The number of tetrazole rings is 1. The van der Waals surface area contributed by atoms with Crippen molar-refractivity contribution >= 4 is 17.5 Å². The molecule has 1 amide bonds. The molecule has 1 fully saturated rings. The average Bonchev–Trinajstić information content (AvgIpc) is 3.03. The lowest BCUT2D eigenvalue weighted by Crippen LogP contribution is -2.40. The monoisotopic (exact) mass is 320 g/mol. The second kappa shape index (κ2) is 6.41. The minimum absolute atomic E-state index is 0.146. The van der Waals surface area contributed by atoms with Gasteiger partial charge in [-0.25, -0.2) is 0 Å². The number of halogens is 1. The summed E-state index contributed by atoms with van der Waals surface area (Å²) in [5.41, 5.74) is 6.94. The van der Waals surface area contributed by atoms with Crippen LogP contribution in [0.15, 0.2) is 24.5 Å². The van der Waals surface area contributed by atoms with Gasteiger partial charge in [0.1, 0.15) is 6.33 Å². The predicted molar refractivity (Wildman–Crippen MR) is 81.9 cm³/mol. The van der Waals surface area contributed by atoms with Crippen LogP contribution in [0.5, 0.6) is 0 Å². The number of hydrogen-bond acceptors (Lipinski definition) is 5. The average molecular weight is 321 g/mol. The molecule has 0 bridgehead atoms. The smallest absolute Gasteiger partial charge is 0.253 e. The molecule has 116 valence electrons. The second-order valence-corrected chi connectivity index (χ2v) is 5.94. The molecule has 1 aromatic heterocycles. The molecule has 3 N–H and O–H groups in total. The molecule has 2 aromatic rings. The fraction of sp³-hybridized carbons (Fsp3) is 0.429. The quantitative estimate of drug-likeness (QED) is 0.888. The van der Waals surface area contributed by atoms with Crippen LogP contribution < -0.4 is 11.1 Å². The zero-order valence-corrected chi connectivity index (χ0v) is 12.7. The van der Waals surface area contributed by atoms with Crippen molar-refractivity contribution in [2.45, 2.75) is 37.8 Å². The molecule has 0 radical (unpaired) electrons. The number of rotatable bonds is 3. The van der Waals surface area contributed by atoms with E-state index in [1.54, 1.807) is 18.2 Å². The number of nitrogens with two attached hydrogens (primary N) is 1. The van der Waals surface area contributed by atoms with Gasteiger partial charge < -0.3 is 11.1 Å². The highest BCUT2D eigenvalue weighted by Crippen LogP contribution is 2.21. The van der Waals surface area contributed by atoms with Gasteiger partial charge in [0, 0.05) is 17.1 Å². The van der Waals surface area contributed by atoms with Crippen LogP contribution in [0.3, 0.4) is 0 Å². The summed E-state index contributed by atoms with van der Waals surface area (Å²) in [6.45, 7) is 0. The van der Waals surface area contributed by atoms with Crippen LogP contribution in [-0.4, -0.2) is 38.2 Å². The Bertz CT molecular complexity index is 651. The van der Waals surface area contributed by atoms with Crippen molar-refractivity contribution in [3.8, 4) is 5.69 Å². The number of amides is 1. The Kier molecular flexibility index (Phi) is 4.35. The van der Waals surface area contributed by atoms with Crippen LogP contribution in [0, 0.1) is 0 Å². The highest BCUT2D eigenvalue weighted by Gasteiger charge is 2.22. The number of carbonyl (C=O) groups excluding carboxylic acids is 1. The number of benzene rings is 1. The summed E-state index contributed by atoms with van der Waals surface area (Å²) < 4.78 is 1.45. The molecule has 1 heterocycles. The first kappa shape index (κ1) is 14.9. The third-order valence-corrected chi connectivity index (χ3v) is 4.14. The number of hydrogen-bond donors (Lipinski definition) is 2. The summed E-state index contributed by atoms with van der Waals surface area (Å²) in [5.74, 6) is -0.173. The predicted octanol–water partition coefficient (Wildman–Crippen LogP) is 1.32. The van der Waals surface area contributed by atoms with Gasteiger partial charge in [-0.3, -0.25) is 4.79 Å². The van der Waals surface area contributed by atoms with E-state index in [2.05, 4.69) is 20.8 Å². The van der Waals surface area contributed by atoms with E-state index in [0.717, 1.165) is 25.7 Å². The molecule has 0 spiro atoms. The maximum atomic E-state index is 12.6. The fourth-order valence-corrected chi connectivity index (χ4v) is 2.86. The van der Waals surface area contributed by atoms with Gasteiger partial charge in [-0.1, -0.05) is 11.6 Å². The van der Waals surface area contributed by atoms with E-state index in [4.69, 9.17) is 17.3 Å². The van der Waals surface area contributed by atoms with Crippen LogP contribution in [0.2, 0.25) is 5.02 Å². The first-order valence-electron chi connectivity index (χ1n) is 7.23. The van der Waals surface area contributed by atoms with Crippen LogP contribution in [0.4, 0.5) is 0 Å². The Morgan fingerprint density at radius 2 is 2.09 bits per heavy atom. The summed E-state index contributed by atoms with van der Waals surface area (Å²) in [7, 11) is 0. The van der Waals surface area contributed by atoms with Crippen molar-refractivity contribution in [3.63, 3.8) is 0 Å². The van der Waals surface area contributed by atoms with Crippen molar-refractivity contribution in [3.05, 3.63) is 35.1 Å². The summed E-state index contributed by atoms with van der Waals surface area (Å²) >= 11 is 6.03. The van der Waals surface area contributed by atoms with Gasteiger partial charge in [0.05, 0.1) is 11.3 Å². The molecule has 0 unspecified atom stereocenters. The molecule has 0 atom stereocenters. The second-order valence-electron chi connectivity index (χ2n) is 5.50. The molecule has 1 saturated carbocycles. The number of carbonyl (C=O) groups is 1. The molecule has 0 aliphatic heterocycles. The van der Waals surface area contributed by atoms with Crippen molar-refractivity contribution in [2.75, 3.05) is 0 Å². The number of nitrogens with zero attached hydrogens (tertiary/aromatic N) is 4. The zero-order valence-electron chi connectivity index (χ0n) is 11.9. The van der Waals surface area contributed by atoms with Crippen LogP contribution >= 0.6 is 11.6 Å². The van der Waals surface area contributed by atoms with Gasteiger partial charge >= 0.3 is 0 Å². The number of aromatic nitrogens is 4. The zero-order chi connectivity index (χ0) is 15.5. The summed E-state index contributed by atoms with van der Waals surface area (Å²) in [4.78, 5) is 12.6. The third-order valence-electron chi connectivity index (χ3n) is 3.91. The highest BCUT2D eigenvalue weighted by atomic mass is 35.5. The van der Waals surface area contributed by atoms with E-state index in [1.807, 2.05) is 0 Å². The van der Waals surface area contributed by atoms with E-state index < -0.39 is 0 Å². The third kappa shape index (κ3) is 3.26. The van der Waals surface area contributed by atoms with Crippen LogP contribution in [0.25, 0.3) is 5.69 Å². The molecule has 1 aliphatic rings. The van der Waals surface area contributed by atoms with E-state index >= 15 is 0 Å². The molecule has 22 heavy (non-hydrogen) atoms. The molecule has 0 saturated heterocycles. The molecule has 7 nitrogen and oxygen atoms in total. The van der Waals surface area contributed by atoms with Crippen LogP contribution in [-0.2, 0) is 0 Å². The minimum atomic E-state index is -0.173. The number of nitrogens with one attached hydrogen (secondary N) is 1. The van der Waals surface area contributed by atoms with Crippen molar-refractivity contribution < 1.29 is 4.79 Å². The fourth-order valence-electron chi connectivity index (χ4n) is 2.69. The molecule has 3 rings (SSSR count). The Hall–Kier alpha value is -1.99. The maximum absolute atomic E-state index is 12.6. The van der Waals surface area contributed by atoms with Gasteiger partial charge in [-0.15, -0.1) is 5.10 Å². The normalized spacial score (nSPS) is 21.5. The van der Waals surface area contributed by atoms with E-state index in [0.29, 0.717) is 16.3 Å². The molecular formula is C14H17ClN6O. The summed E-state index contributed by atoms with van der Waals surface area (Å²) in [6.07, 6.45) is 5.10. The largest absolute Gasteiger partial charge is 0.349 e. The van der Waals surface area contributed by atoms with E-state index in [9.17, 15) is 4.79 Å². The lowest BCUT2D eigenvalue weighted by atomic mass is 9.91. The van der Waals surface area contributed by atoms with Crippen molar-refractivity contribution in [1.29, 1.82) is 0 Å². The Morgan fingerprint density at radius 1 is 1.32 bits per heavy atom. The standard InChI is InChI=1S/C14H17ClN6O/c15-9-1-6-13(21-8-17-19-20-21)12(7-9)14(22)18-11-4-2-10(16)3-5-11/h1,6-8,10-11H,2-5,16H2,(H,18,22). The first-order valence-corrected chi connectivity index (χ1v) is 7.60. The highest BCUT2D eigenvalue weighted by molar-refractivity contribution is 6.31. The molecule has 8 heteroatoms.